The molecule has 0 bridgehead atoms. The maximum atomic E-state index is 13.0. The number of anilines is 1. The molecular weight excluding hydrogens is 437 g/mol. The van der Waals surface area contributed by atoms with Gasteiger partial charge in [0.2, 0.25) is 5.91 Å². The third kappa shape index (κ3) is 5.22. The Hall–Kier alpha value is -2.78. The van der Waals surface area contributed by atoms with Crippen LogP contribution < -0.4 is 5.32 Å². The topological polar surface area (TPSA) is 59.8 Å². The van der Waals surface area contributed by atoms with Crippen molar-refractivity contribution in [2.75, 3.05) is 11.1 Å². The van der Waals surface area contributed by atoms with Crippen molar-refractivity contribution in [3.8, 4) is 11.4 Å². The summed E-state index contributed by atoms with van der Waals surface area (Å²) in [5.74, 6) is 0.0874. The van der Waals surface area contributed by atoms with Crippen molar-refractivity contribution < 1.29 is 18.0 Å². The summed E-state index contributed by atoms with van der Waals surface area (Å²) >= 11 is 6.72. The molecule has 0 spiro atoms. The fourth-order valence-electron chi connectivity index (χ4n) is 2.64. The second-order valence-electron chi connectivity index (χ2n) is 6.10. The van der Waals surface area contributed by atoms with Crippen LogP contribution in [0.5, 0.6) is 0 Å². The van der Waals surface area contributed by atoms with Crippen molar-refractivity contribution in [2.45, 2.75) is 17.9 Å². The molecule has 3 rings (SSSR count). The van der Waals surface area contributed by atoms with E-state index in [1.165, 1.54) is 6.07 Å². The summed E-state index contributed by atoms with van der Waals surface area (Å²) in [5, 5.41) is 10.8. The number of alkyl halides is 3. The van der Waals surface area contributed by atoms with E-state index < -0.39 is 22.7 Å². The summed E-state index contributed by atoms with van der Waals surface area (Å²) in [5.41, 5.74) is -0.133. The molecule has 1 amide bonds. The molecule has 3 aromatic rings. The number of carbonyl (C=O) groups is 1. The number of aromatic nitrogens is 3. The number of halogens is 4. The lowest BCUT2D eigenvalue weighted by Crippen LogP contribution is -2.15. The van der Waals surface area contributed by atoms with Crippen LogP contribution in [0.15, 0.2) is 66.3 Å². The van der Waals surface area contributed by atoms with Crippen LogP contribution in [0.25, 0.3) is 11.4 Å². The van der Waals surface area contributed by atoms with Gasteiger partial charge in [-0.25, -0.2) is 0 Å². The quantitative estimate of drug-likeness (QED) is 0.378. The standard InChI is InChI=1S/C20H16ClF3N4OS/c1-2-10-28-18(13-6-4-3-5-7-13)26-27-19(28)30-12-17(29)25-14-8-9-16(21)15(11-14)20(22,23)24/h2-9,11H,1,10,12H2,(H,25,29). The molecule has 0 aliphatic carbocycles. The van der Waals surface area contributed by atoms with Crippen molar-refractivity contribution in [1.82, 2.24) is 14.8 Å². The van der Waals surface area contributed by atoms with Gasteiger partial charge in [-0.05, 0) is 18.2 Å². The summed E-state index contributed by atoms with van der Waals surface area (Å²) in [7, 11) is 0. The number of hydrogen-bond acceptors (Lipinski definition) is 4. The fourth-order valence-corrected chi connectivity index (χ4v) is 3.61. The molecule has 0 atom stereocenters. The number of thioether (sulfide) groups is 1. The molecule has 1 heterocycles. The summed E-state index contributed by atoms with van der Waals surface area (Å²) in [6.07, 6.45) is -2.92. The first-order valence-electron chi connectivity index (χ1n) is 8.68. The molecule has 30 heavy (non-hydrogen) atoms. The molecule has 5 nitrogen and oxygen atoms in total. The Morgan fingerprint density at radius 2 is 1.93 bits per heavy atom. The minimum Gasteiger partial charge on any atom is -0.325 e. The van der Waals surface area contributed by atoms with Crippen molar-refractivity contribution in [2.24, 2.45) is 0 Å². The molecule has 2 aromatic carbocycles. The highest BCUT2D eigenvalue weighted by atomic mass is 35.5. The zero-order valence-corrected chi connectivity index (χ0v) is 17.1. The molecule has 156 valence electrons. The molecule has 0 saturated carbocycles. The van der Waals surface area contributed by atoms with Crippen molar-refractivity contribution in [1.29, 1.82) is 0 Å². The van der Waals surface area contributed by atoms with Crippen LogP contribution in [-0.2, 0) is 17.5 Å². The van der Waals surface area contributed by atoms with Crippen LogP contribution in [0.1, 0.15) is 5.56 Å². The van der Waals surface area contributed by atoms with Gasteiger partial charge in [0.05, 0.1) is 16.3 Å². The monoisotopic (exact) mass is 452 g/mol. The fraction of sp³-hybridized carbons (Fsp3) is 0.150. The first-order valence-corrected chi connectivity index (χ1v) is 10.0. The van der Waals surface area contributed by atoms with Gasteiger partial charge in [0.25, 0.3) is 0 Å². The van der Waals surface area contributed by atoms with Gasteiger partial charge in [-0.1, -0.05) is 59.8 Å². The van der Waals surface area contributed by atoms with Gasteiger partial charge in [-0.2, -0.15) is 13.2 Å². The Kier molecular flexibility index (Phi) is 6.84. The number of carbonyl (C=O) groups excluding carboxylic acids is 1. The second kappa shape index (κ2) is 9.36. The number of amides is 1. The van der Waals surface area contributed by atoms with Crippen molar-refractivity contribution >= 4 is 35.0 Å². The largest absolute Gasteiger partial charge is 0.417 e. The van der Waals surface area contributed by atoms with E-state index >= 15 is 0 Å². The molecule has 1 N–H and O–H groups in total. The van der Waals surface area contributed by atoms with Crippen molar-refractivity contribution in [3.05, 3.63) is 71.8 Å². The van der Waals surface area contributed by atoms with Gasteiger partial charge < -0.3 is 5.32 Å². The highest BCUT2D eigenvalue weighted by Gasteiger charge is 2.33. The Labute approximate surface area is 180 Å². The Morgan fingerprint density at radius 1 is 1.20 bits per heavy atom. The molecular formula is C20H16ClF3N4OS. The van der Waals surface area contributed by atoms with E-state index in [2.05, 4.69) is 22.1 Å². The molecule has 0 aliphatic rings. The van der Waals surface area contributed by atoms with E-state index in [1.54, 1.807) is 6.08 Å². The van der Waals surface area contributed by atoms with Crippen LogP contribution in [0, 0.1) is 0 Å². The number of allylic oxidation sites excluding steroid dienone is 1. The molecule has 0 radical (unpaired) electrons. The third-order valence-corrected chi connectivity index (χ3v) is 5.24. The van der Waals surface area contributed by atoms with E-state index in [-0.39, 0.29) is 11.4 Å². The lowest BCUT2D eigenvalue weighted by molar-refractivity contribution is -0.137. The first-order chi connectivity index (χ1) is 14.3. The summed E-state index contributed by atoms with van der Waals surface area (Å²) in [4.78, 5) is 12.3. The van der Waals surface area contributed by atoms with Crippen LogP contribution in [0.4, 0.5) is 18.9 Å². The van der Waals surface area contributed by atoms with E-state index in [9.17, 15) is 18.0 Å². The predicted octanol–water partition coefficient (Wildman–Crippen LogP) is 5.53. The maximum absolute atomic E-state index is 13.0. The smallest absolute Gasteiger partial charge is 0.325 e. The lowest BCUT2D eigenvalue weighted by Gasteiger charge is -2.12. The lowest BCUT2D eigenvalue weighted by atomic mass is 10.2. The second-order valence-corrected chi connectivity index (χ2v) is 7.45. The van der Waals surface area contributed by atoms with E-state index in [1.807, 2.05) is 34.9 Å². The highest BCUT2D eigenvalue weighted by Crippen LogP contribution is 2.36. The van der Waals surface area contributed by atoms with Gasteiger partial charge in [0, 0.05) is 17.8 Å². The summed E-state index contributed by atoms with van der Waals surface area (Å²) in [6, 6.07) is 12.6. The van der Waals surface area contributed by atoms with Crippen LogP contribution in [-0.4, -0.2) is 26.4 Å². The normalized spacial score (nSPS) is 11.3. The maximum Gasteiger partial charge on any atom is 0.417 e. The Bertz CT molecular complexity index is 1050. The average Bonchev–Trinajstić information content (AvgIpc) is 3.10. The van der Waals surface area contributed by atoms with Gasteiger partial charge in [-0.15, -0.1) is 16.8 Å². The number of nitrogens with zero attached hydrogens (tertiary/aromatic N) is 3. The zero-order valence-electron chi connectivity index (χ0n) is 15.5. The number of nitrogens with one attached hydrogen (secondary N) is 1. The van der Waals surface area contributed by atoms with Crippen LogP contribution in [0.2, 0.25) is 5.02 Å². The van der Waals surface area contributed by atoms with Crippen molar-refractivity contribution in [3.63, 3.8) is 0 Å². The van der Waals surface area contributed by atoms with E-state index in [0.29, 0.717) is 17.5 Å². The average molecular weight is 453 g/mol. The van der Waals surface area contributed by atoms with E-state index in [0.717, 1.165) is 29.5 Å². The molecule has 0 saturated heterocycles. The summed E-state index contributed by atoms with van der Waals surface area (Å²) < 4.78 is 40.7. The molecule has 0 fully saturated rings. The minimum absolute atomic E-state index is 0.00913. The Morgan fingerprint density at radius 3 is 2.60 bits per heavy atom. The van der Waals surface area contributed by atoms with Gasteiger partial charge in [0.1, 0.15) is 0 Å². The zero-order chi connectivity index (χ0) is 21.7. The van der Waals surface area contributed by atoms with E-state index in [4.69, 9.17) is 11.6 Å². The highest BCUT2D eigenvalue weighted by molar-refractivity contribution is 7.99. The third-order valence-electron chi connectivity index (χ3n) is 3.95. The Balaban J connectivity index is 1.71. The molecule has 0 aliphatic heterocycles. The molecule has 1 aromatic heterocycles. The van der Waals surface area contributed by atoms with Crippen LogP contribution >= 0.6 is 23.4 Å². The number of hydrogen-bond donors (Lipinski definition) is 1. The molecule has 10 heteroatoms. The van der Waals surface area contributed by atoms with Gasteiger partial charge in [-0.3, -0.25) is 9.36 Å². The number of rotatable bonds is 7. The SMILES string of the molecule is C=CCn1c(SCC(=O)Nc2ccc(Cl)c(C(F)(F)F)c2)nnc1-c1ccccc1. The predicted molar refractivity (Wildman–Crippen MR) is 111 cm³/mol. The molecule has 0 unspecified atom stereocenters. The first kappa shape index (κ1) is 21.9. The van der Waals surface area contributed by atoms with Crippen LogP contribution in [0.3, 0.4) is 0 Å². The number of benzene rings is 2. The van der Waals surface area contributed by atoms with Gasteiger partial charge >= 0.3 is 6.18 Å². The summed E-state index contributed by atoms with van der Waals surface area (Å²) in [6.45, 7) is 4.17. The van der Waals surface area contributed by atoms with Gasteiger partial charge in [0.15, 0.2) is 11.0 Å². The minimum atomic E-state index is -4.61.